The summed E-state index contributed by atoms with van der Waals surface area (Å²) in [5, 5.41) is 5.93. The van der Waals surface area contributed by atoms with Crippen LogP contribution in [0.1, 0.15) is 30.9 Å². The summed E-state index contributed by atoms with van der Waals surface area (Å²) in [6.45, 7) is 3.12. The number of hydrogen-bond donors (Lipinski definition) is 2. The van der Waals surface area contributed by atoms with Crippen LogP contribution >= 0.6 is 11.5 Å². The van der Waals surface area contributed by atoms with Gasteiger partial charge in [0.25, 0.3) is 0 Å². The fraction of sp³-hybridized carbons (Fsp3) is 0.500. The van der Waals surface area contributed by atoms with E-state index in [0.29, 0.717) is 0 Å². The molecule has 3 N–H and O–H groups in total. The highest BCUT2D eigenvalue weighted by atomic mass is 32.1. The summed E-state index contributed by atoms with van der Waals surface area (Å²) in [4.78, 5) is 4.36. The van der Waals surface area contributed by atoms with Crippen LogP contribution in [0.25, 0.3) is 0 Å². The largest absolute Gasteiger partial charge is 0.335 e. The Morgan fingerprint density at radius 3 is 3.12 bits per heavy atom. The van der Waals surface area contributed by atoms with Crippen LogP contribution < -0.4 is 11.3 Å². The lowest BCUT2D eigenvalue weighted by Crippen LogP contribution is -2.30. The smallest absolute Gasteiger partial charge is 0.110 e. The minimum absolute atomic E-state index is 0.0354. The minimum Gasteiger partial charge on any atom is -0.335 e. The van der Waals surface area contributed by atoms with Gasteiger partial charge in [0.15, 0.2) is 0 Å². The average molecular weight is 252 g/mol. The summed E-state index contributed by atoms with van der Waals surface area (Å²) in [6.07, 6.45) is 5.61. The molecule has 0 bridgehead atoms. The van der Waals surface area contributed by atoms with E-state index in [1.807, 2.05) is 17.8 Å². The van der Waals surface area contributed by atoms with E-state index in [0.717, 1.165) is 30.9 Å². The van der Waals surface area contributed by atoms with Crippen LogP contribution in [0.4, 0.5) is 0 Å². The van der Waals surface area contributed by atoms with E-state index in [1.54, 1.807) is 0 Å². The van der Waals surface area contributed by atoms with Crippen molar-refractivity contribution in [1.82, 2.24) is 24.6 Å². The fourth-order valence-electron chi connectivity index (χ4n) is 1.73. The molecule has 0 aliphatic heterocycles. The second-order valence-corrected chi connectivity index (χ2v) is 4.40. The van der Waals surface area contributed by atoms with Crippen LogP contribution in [-0.2, 0) is 13.0 Å². The first kappa shape index (κ1) is 12.2. The Balaban J connectivity index is 2.10. The molecule has 0 saturated carbocycles. The Morgan fingerprint density at radius 2 is 2.47 bits per heavy atom. The molecule has 0 aliphatic rings. The maximum atomic E-state index is 5.55. The minimum atomic E-state index is -0.0354. The molecule has 92 valence electrons. The van der Waals surface area contributed by atoms with Crippen molar-refractivity contribution in [2.24, 2.45) is 5.84 Å². The summed E-state index contributed by atoms with van der Waals surface area (Å²) in [6, 6.07) is -0.0354. The maximum Gasteiger partial charge on any atom is 0.110 e. The predicted octanol–water partition coefficient (Wildman–Crippen LogP) is 0.892. The molecule has 2 aromatic rings. The molecule has 6 nitrogen and oxygen atoms in total. The summed E-state index contributed by atoms with van der Waals surface area (Å²) < 4.78 is 5.99. The lowest BCUT2D eigenvalue weighted by molar-refractivity contribution is 0.506. The van der Waals surface area contributed by atoms with Crippen LogP contribution in [0.15, 0.2) is 17.8 Å². The maximum absolute atomic E-state index is 5.55. The highest BCUT2D eigenvalue weighted by Crippen LogP contribution is 2.15. The third kappa shape index (κ3) is 2.87. The molecule has 1 unspecified atom stereocenters. The number of nitrogens with zero attached hydrogens (tertiary/aromatic N) is 4. The Kier molecular flexibility index (Phi) is 4.18. The number of aromatic nitrogens is 4. The zero-order valence-electron chi connectivity index (χ0n) is 9.71. The number of aryl methyl sites for hydroxylation is 1. The molecule has 0 aliphatic carbocycles. The quantitative estimate of drug-likeness (QED) is 0.589. The van der Waals surface area contributed by atoms with Gasteiger partial charge < -0.3 is 4.57 Å². The normalized spacial score (nSPS) is 12.8. The van der Waals surface area contributed by atoms with Crippen LogP contribution in [0.5, 0.6) is 0 Å². The number of imidazole rings is 1. The van der Waals surface area contributed by atoms with Gasteiger partial charge in [-0.05, 0) is 18.0 Å². The van der Waals surface area contributed by atoms with Gasteiger partial charge in [-0.15, -0.1) is 5.10 Å². The molecule has 2 heterocycles. The Morgan fingerprint density at radius 1 is 1.59 bits per heavy atom. The van der Waals surface area contributed by atoms with Crippen molar-refractivity contribution in [3.63, 3.8) is 0 Å². The third-order valence-electron chi connectivity index (χ3n) is 2.59. The molecule has 0 fully saturated rings. The molecule has 0 saturated heterocycles. The van der Waals surface area contributed by atoms with Gasteiger partial charge in [0.1, 0.15) is 5.82 Å². The van der Waals surface area contributed by atoms with Crippen molar-refractivity contribution in [2.75, 3.05) is 0 Å². The van der Waals surface area contributed by atoms with E-state index in [1.165, 1.54) is 11.5 Å². The van der Waals surface area contributed by atoms with Gasteiger partial charge in [-0.1, -0.05) is 11.4 Å². The Bertz CT molecular complexity index is 437. The number of nitrogens with one attached hydrogen (secondary N) is 1. The van der Waals surface area contributed by atoms with Crippen LogP contribution in [0.2, 0.25) is 0 Å². The first-order valence-electron chi connectivity index (χ1n) is 5.58. The fourth-order valence-corrected chi connectivity index (χ4v) is 2.24. The molecule has 0 aromatic carbocycles. The van der Waals surface area contributed by atoms with Crippen molar-refractivity contribution in [3.05, 3.63) is 29.3 Å². The van der Waals surface area contributed by atoms with E-state index in [4.69, 9.17) is 5.84 Å². The second kappa shape index (κ2) is 5.85. The van der Waals surface area contributed by atoms with Gasteiger partial charge in [0.2, 0.25) is 0 Å². The number of hydrogen-bond acceptors (Lipinski definition) is 6. The molecule has 2 aromatic heterocycles. The van der Waals surface area contributed by atoms with E-state index >= 15 is 0 Å². The summed E-state index contributed by atoms with van der Waals surface area (Å²) in [5.74, 6) is 6.57. The lowest BCUT2D eigenvalue weighted by Gasteiger charge is -2.13. The predicted molar refractivity (Wildman–Crippen MR) is 66.2 cm³/mol. The average Bonchev–Trinajstić information content (AvgIpc) is 2.97. The first-order valence-corrected chi connectivity index (χ1v) is 6.42. The van der Waals surface area contributed by atoms with E-state index in [-0.39, 0.29) is 6.04 Å². The molecular formula is C10H16N6S. The van der Waals surface area contributed by atoms with Gasteiger partial charge in [-0.3, -0.25) is 11.3 Å². The van der Waals surface area contributed by atoms with E-state index in [9.17, 15) is 0 Å². The zero-order chi connectivity index (χ0) is 12.1. The molecule has 0 amide bonds. The zero-order valence-corrected chi connectivity index (χ0v) is 10.5. The van der Waals surface area contributed by atoms with Crippen molar-refractivity contribution in [1.29, 1.82) is 0 Å². The van der Waals surface area contributed by atoms with Crippen molar-refractivity contribution in [2.45, 2.75) is 32.4 Å². The van der Waals surface area contributed by atoms with Gasteiger partial charge >= 0.3 is 0 Å². The van der Waals surface area contributed by atoms with E-state index < -0.39 is 0 Å². The summed E-state index contributed by atoms with van der Waals surface area (Å²) in [7, 11) is 0. The van der Waals surface area contributed by atoms with Crippen molar-refractivity contribution < 1.29 is 0 Å². The molecule has 0 spiro atoms. The standard InChI is InChI=1S/C10H16N6S/c1-2-4-16-5-3-12-10(16)6-8(13-11)9-7-17-15-14-9/h3,5,7-8,13H,2,4,6,11H2,1H3. The topological polar surface area (TPSA) is 81.7 Å². The Hall–Kier alpha value is -1.31. The van der Waals surface area contributed by atoms with Gasteiger partial charge in [0, 0.05) is 30.7 Å². The van der Waals surface area contributed by atoms with Gasteiger partial charge in [-0.25, -0.2) is 4.98 Å². The third-order valence-corrected chi connectivity index (χ3v) is 3.11. The van der Waals surface area contributed by atoms with Crippen LogP contribution in [-0.4, -0.2) is 19.1 Å². The SMILES string of the molecule is CCCn1ccnc1CC(NN)c1csnn1. The highest BCUT2D eigenvalue weighted by Gasteiger charge is 2.16. The first-order chi connectivity index (χ1) is 8.35. The molecule has 2 rings (SSSR count). The second-order valence-electron chi connectivity index (χ2n) is 3.79. The monoisotopic (exact) mass is 252 g/mol. The Labute approximate surface area is 104 Å². The summed E-state index contributed by atoms with van der Waals surface area (Å²) in [5.41, 5.74) is 3.63. The van der Waals surface area contributed by atoms with Gasteiger partial charge in [0.05, 0.1) is 11.7 Å². The molecular weight excluding hydrogens is 236 g/mol. The lowest BCUT2D eigenvalue weighted by atomic mass is 10.1. The molecule has 0 radical (unpaired) electrons. The van der Waals surface area contributed by atoms with Gasteiger partial charge in [-0.2, -0.15) is 0 Å². The molecule has 17 heavy (non-hydrogen) atoms. The summed E-state index contributed by atoms with van der Waals surface area (Å²) >= 11 is 1.33. The molecule has 7 heteroatoms. The van der Waals surface area contributed by atoms with Crippen LogP contribution in [0, 0.1) is 0 Å². The number of nitrogens with two attached hydrogens (primary N) is 1. The number of hydrazine groups is 1. The van der Waals surface area contributed by atoms with Crippen molar-refractivity contribution in [3.8, 4) is 0 Å². The molecule has 1 atom stereocenters. The number of rotatable bonds is 6. The van der Waals surface area contributed by atoms with E-state index in [2.05, 4.69) is 31.5 Å². The van der Waals surface area contributed by atoms with Crippen molar-refractivity contribution >= 4 is 11.5 Å². The highest BCUT2D eigenvalue weighted by molar-refractivity contribution is 7.03. The van der Waals surface area contributed by atoms with Crippen LogP contribution in [0.3, 0.4) is 0 Å².